The van der Waals surface area contributed by atoms with Gasteiger partial charge in [0.15, 0.2) is 5.82 Å². The van der Waals surface area contributed by atoms with Gasteiger partial charge in [-0.25, -0.2) is 0 Å². The number of hydrogen-bond donors (Lipinski definition) is 1. The molecule has 2 rings (SSSR count). The number of hydrogen-bond acceptors (Lipinski definition) is 5. The van der Waals surface area contributed by atoms with E-state index in [2.05, 4.69) is 37.5 Å². The molecular formula is C12H14BrN3OS. The monoisotopic (exact) mass is 327 g/mol. The maximum atomic E-state index is 5.10. The number of benzene rings is 1. The second-order valence-electron chi connectivity index (χ2n) is 4.03. The Balaban J connectivity index is 1.94. The Bertz CT molecular complexity index is 516. The fraction of sp³-hybridized carbons (Fsp3) is 0.333. The maximum absolute atomic E-state index is 5.10. The summed E-state index contributed by atoms with van der Waals surface area (Å²) in [5, 5.41) is 7.01. The molecule has 96 valence electrons. The summed E-state index contributed by atoms with van der Waals surface area (Å²) in [7, 11) is 0. The number of rotatable bonds is 5. The smallest absolute Gasteiger partial charge is 0.321 e. The Kier molecular flexibility index (Phi) is 4.66. The van der Waals surface area contributed by atoms with Gasteiger partial charge in [-0.05, 0) is 41.9 Å². The van der Waals surface area contributed by atoms with E-state index >= 15 is 0 Å². The predicted octanol–water partition coefficient (Wildman–Crippen LogP) is 3.94. The summed E-state index contributed by atoms with van der Waals surface area (Å²) in [6.45, 7) is 4.05. The van der Waals surface area contributed by atoms with Gasteiger partial charge in [0.2, 0.25) is 0 Å². The normalized spacial score (nSPS) is 10.9. The van der Waals surface area contributed by atoms with Gasteiger partial charge >= 0.3 is 6.01 Å². The molecule has 1 N–H and O–H groups in total. The van der Waals surface area contributed by atoms with Crippen LogP contribution in [0.15, 0.2) is 38.2 Å². The lowest BCUT2D eigenvalue weighted by Gasteiger charge is -2.02. The van der Waals surface area contributed by atoms with Gasteiger partial charge in [0.25, 0.3) is 0 Å². The van der Waals surface area contributed by atoms with Gasteiger partial charge in [0.1, 0.15) is 0 Å². The summed E-state index contributed by atoms with van der Waals surface area (Å²) >= 11 is 5.18. The lowest BCUT2D eigenvalue weighted by Crippen LogP contribution is -2.09. The molecule has 0 saturated heterocycles. The number of anilines is 1. The Hall–Kier alpha value is -1.01. The van der Waals surface area contributed by atoms with Crippen LogP contribution in [0.2, 0.25) is 0 Å². The highest BCUT2D eigenvalue weighted by molar-refractivity contribution is 9.10. The summed E-state index contributed by atoms with van der Waals surface area (Å²) in [6.07, 6.45) is 0. The summed E-state index contributed by atoms with van der Waals surface area (Å²) < 4.78 is 6.18. The van der Waals surface area contributed by atoms with Crippen molar-refractivity contribution < 1.29 is 4.52 Å². The van der Waals surface area contributed by atoms with Gasteiger partial charge in [-0.15, -0.1) is 11.8 Å². The average molecular weight is 328 g/mol. The third-order valence-electron chi connectivity index (χ3n) is 2.07. The van der Waals surface area contributed by atoms with Crippen LogP contribution in [0.25, 0.3) is 0 Å². The van der Waals surface area contributed by atoms with Crippen LogP contribution in [0, 0.1) is 0 Å². The third kappa shape index (κ3) is 3.74. The van der Waals surface area contributed by atoms with Gasteiger partial charge in [0.05, 0.1) is 5.75 Å². The number of halogens is 1. The first-order valence-electron chi connectivity index (χ1n) is 5.61. The third-order valence-corrected chi connectivity index (χ3v) is 4.10. The molecule has 0 saturated carbocycles. The maximum Gasteiger partial charge on any atom is 0.321 e. The van der Waals surface area contributed by atoms with Crippen molar-refractivity contribution in [2.75, 3.05) is 5.32 Å². The van der Waals surface area contributed by atoms with Crippen LogP contribution in [-0.2, 0) is 5.75 Å². The Labute approximate surface area is 119 Å². The molecule has 6 heteroatoms. The van der Waals surface area contributed by atoms with Crippen LogP contribution in [0.5, 0.6) is 0 Å². The molecule has 0 aliphatic carbocycles. The van der Waals surface area contributed by atoms with Crippen molar-refractivity contribution in [3.63, 3.8) is 0 Å². The quantitative estimate of drug-likeness (QED) is 0.843. The van der Waals surface area contributed by atoms with Crippen molar-refractivity contribution in [3.8, 4) is 0 Å². The van der Waals surface area contributed by atoms with E-state index in [1.807, 2.05) is 32.0 Å². The highest BCUT2D eigenvalue weighted by Crippen LogP contribution is 2.29. The van der Waals surface area contributed by atoms with Crippen molar-refractivity contribution in [2.45, 2.75) is 30.5 Å². The minimum atomic E-state index is 0.286. The number of aromatic nitrogens is 2. The molecule has 0 aliphatic rings. The van der Waals surface area contributed by atoms with Crippen LogP contribution in [0.1, 0.15) is 19.7 Å². The van der Waals surface area contributed by atoms with Crippen LogP contribution in [0.3, 0.4) is 0 Å². The molecular weight excluding hydrogens is 314 g/mol. The predicted molar refractivity (Wildman–Crippen MR) is 76.8 cm³/mol. The highest BCUT2D eigenvalue weighted by Gasteiger charge is 2.08. The fourth-order valence-corrected chi connectivity index (χ4v) is 2.73. The molecule has 1 aromatic heterocycles. The largest absolute Gasteiger partial charge is 0.336 e. The van der Waals surface area contributed by atoms with Crippen molar-refractivity contribution in [1.82, 2.24) is 10.1 Å². The van der Waals surface area contributed by atoms with Crippen molar-refractivity contribution in [3.05, 3.63) is 34.6 Å². The number of thioether (sulfide) groups is 1. The molecule has 0 unspecified atom stereocenters. The van der Waals surface area contributed by atoms with Gasteiger partial charge in [-0.1, -0.05) is 17.3 Å². The SMILES string of the molecule is CC(C)Nc1nc(CSc2ccccc2Br)no1. The van der Waals surface area contributed by atoms with E-state index in [1.165, 1.54) is 4.90 Å². The van der Waals surface area contributed by atoms with E-state index in [-0.39, 0.29) is 6.04 Å². The highest BCUT2D eigenvalue weighted by atomic mass is 79.9. The van der Waals surface area contributed by atoms with E-state index in [4.69, 9.17) is 4.52 Å². The Morgan fingerprint density at radius 1 is 1.39 bits per heavy atom. The van der Waals surface area contributed by atoms with E-state index in [0.717, 1.165) is 4.47 Å². The number of nitrogens with one attached hydrogen (secondary N) is 1. The lowest BCUT2D eigenvalue weighted by molar-refractivity contribution is 0.422. The summed E-state index contributed by atoms with van der Waals surface area (Å²) in [6, 6.07) is 8.84. The molecule has 0 spiro atoms. The molecule has 0 atom stereocenters. The van der Waals surface area contributed by atoms with Crippen molar-refractivity contribution in [1.29, 1.82) is 0 Å². The lowest BCUT2D eigenvalue weighted by atomic mass is 10.4. The average Bonchev–Trinajstić information content (AvgIpc) is 2.75. The van der Waals surface area contributed by atoms with Crippen molar-refractivity contribution in [2.24, 2.45) is 0 Å². The van der Waals surface area contributed by atoms with Gasteiger partial charge in [-0.2, -0.15) is 4.98 Å². The molecule has 18 heavy (non-hydrogen) atoms. The van der Waals surface area contributed by atoms with Crippen LogP contribution in [-0.4, -0.2) is 16.2 Å². The zero-order valence-corrected chi connectivity index (χ0v) is 12.6. The first-order chi connectivity index (χ1) is 8.65. The first kappa shape index (κ1) is 13.4. The minimum absolute atomic E-state index is 0.286. The molecule has 0 bridgehead atoms. The second kappa shape index (κ2) is 6.24. The van der Waals surface area contributed by atoms with Crippen LogP contribution < -0.4 is 5.32 Å². The molecule has 0 amide bonds. The van der Waals surface area contributed by atoms with Gasteiger partial charge in [-0.3, -0.25) is 0 Å². The van der Waals surface area contributed by atoms with Crippen LogP contribution >= 0.6 is 27.7 Å². The van der Waals surface area contributed by atoms with Crippen LogP contribution in [0.4, 0.5) is 6.01 Å². The molecule has 0 aliphatic heterocycles. The zero-order valence-electron chi connectivity index (χ0n) is 10.2. The van der Waals surface area contributed by atoms with E-state index in [0.29, 0.717) is 17.6 Å². The summed E-state index contributed by atoms with van der Waals surface area (Å²) in [5.41, 5.74) is 0. The summed E-state index contributed by atoms with van der Waals surface area (Å²) in [4.78, 5) is 5.44. The molecule has 0 radical (unpaired) electrons. The molecule has 4 nitrogen and oxygen atoms in total. The Morgan fingerprint density at radius 3 is 2.89 bits per heavy atom. The minimum Gasteiger partial charge on any atom is -0.336 e. The van der Waals surface area contributed by atoms with Crippen molar-refractivity contribution >= 4 is 33.7 Å². The topological polar surface area (TPSA) is 51.0 Å². The molecule has 1 aromatic carbocycles. The first-order valence-corrected chi connectivity index (χ1v) is 7.39. The molecule has 0 fully saturated rings. The zero-order chi connectivity index (χ0) is 13.0. The van der Waals surface area contributed by atoms with E-state index in [9.17, 15) is 0 Å². The second-order valence-corrected chi connectivity index (χ2v) is 5.91. The van der Waals surface area contributed by atoms with Gasteiger partial charge in [0, 0.05) is 15.4 Å². The molecule has 2 aromatic rings. The standard InChI is InChI=1S/C12H14BrN3OS/c1-8(2)14-12-15-11(16-17-12)7-18-10-6-4-3-5-9(10)13/h3-6,8H,7H2,1-2H3,(H,14,15,16). The number of nitrogens with zero attached hydrogens (tertiary/aromatic N) is 2. The van der Waals surface area contributed by atoms with Gasteiger partial charge < -0.3 is 9.84 Å². The van der Waals surface area contributed by atoms with E-state index in [1.54, 1.807) is 11.8 Å². The van der Waals surface area contributed by atoms with E-state index < -0.39 is 0 Å². The summed E-state index contributed by atoms with van der Waals surface area (Å²) in [5.74, 6) is 1.38. The Morgan fingerprint density at radius 2 is 2.17 bits per heavy atom. The molecule has 1 heterocycles. The fourth-order valence-electron chi connectivity index (χ4n) is 1.32.